The molecule has 1 aliphatic rings. The number of rotatable bonds is 3. The molecule has 1 heterocycles. The van der Waals surface area contributed by atoms with Gasteiger partial charge in [0.25, 0.3) is 0 Å². The van der Waals surface area contributed by atoms with E-state index < -0.39 is 0 Å². The first-order chi connectivity index (χ1) is 7.29. The lowest BCUT2D eigenvalue weighted by atomic mass is 9.96. The lowest BCUT2D eigenvalue weighted by molar-refractivity contribution is 0.453. The first-order valence-corrected chi connectivity index (χ1v) is 5.89. The summed E-state index contributed by atoms with van der Waals surface area (Å²) in [6.45, 7) is 5.15. The minimum absolute atomic E-state index is 0.538. The standard InChI is InChI=1S/C12H17ClN2/c1-2-14-8-12-6-10-5-11(13)4-3-9(10)7-15-12/h3-5,12,14-15H,2,6-8H2,1H3. The molecule has 0 radical (unpaired) electrons. The number of fused-ring (bicyclic) bond motifs is 1. The van der Waals surface area contributed by atoms with Gasteiger partial charge >= 0.3 is 0 Å². The van der Waals surface area contributed by atoms with Crippen LogP contribution in [0.2, 0.25) is 5.02 Å². The molecule has 15 heavy (non-hydrogen) atoms. The highest BCUT2D eigenvalue weighted by Gasteiger charge is 2.17. The topological polar surface area (TPSA) is 24.1 Å². The summed E-state index contributed by atoms with van der Waals surface area (Å²) in [6, 6.07) is 6.72. The molecule has 3 heteroatoms. The van der Waals surface area contributed by atoms with E-state index in [1.165, 1.54) is 11.1 Å². The minimum Gasteiger partial charge on any atom is -0.315 e. The molecule has 0 spiro atoms. The first kappa shape index (κ1) is 10.9. The number of benzene rings is 1. The number of hydrogen-bond donors (Lipinski definition) is 2. The van der Waals surface area contributed by atoms with E-state index >= 15 is 0 Å². The van der Waals surface area contributed by atoms with Crippen LogP contribution in [0.5, 0.6) is 0 Å². The zero-order valence-electron chi connectivity index (χ0n) is 9.02. The van der Waals surface area contributed by atoms with Crippen molar-refractivity contribution in [2.45, 2.75) is 25.9 Å². The monoisotopic (exact) mass is 224 g/mol. The molecular weight excluding hydrogens is 208 g/mol. The largest absolute Gasteiger partial charge is 0.315 e. The molecular formula is C12H17ClN2. The van der Waals surface area contributed by atoms with Crippen LogP contribution >= 0.6 is 11.6 Å². The molecule has 2 rings (SSSR count). The summed E-state index contributed by atoms with van der Waals surface area (Å²) in [6.07, 6.45) is 1.07. The predicted octanol–water partition coefficient (Wildman–Crippen LogP) is 1.96. The van der Waals surface area contributed by atoms with E-state index in [9.17, 15) is 0 Å². The maximum Gasteiger partial charge on any atom is 0.0408 e. The fraction of sp³-hybridized carbons (Fsp3) is 0.500. The van der Waals surface area contributed by atoms with Crippen molar-refractivity contribution in [3.8, 4) is 0 Å². The second-order valence-electron chi connectivity index (χ2n) is 4.00. The Bertz CT molecular complexity index is 338. The molecule has 1 atom stereocenters. The van der Waals surface area contributed by atoms with Gasteiger partial charge in [-0.15, -0.1) is 0 Å². The van der Waals surface area contributed by atoms with Crippen molar-refractivity contribution in [1.29, 1.82) is 0 Å². The zero-order valence-corrected chi connectivity index (χ0v) is 9.77. The molecule has 1 aromatic rings. The van der Waals surface area contributed by atoms with E-state index in [4.69, 9.17) is 11.6 Å². The Balaban J connectivity index is 2.05. The quantitative estimate of drug-likeness (QED) is 0.821. The molecule has 1 aromatic carbocycles. The third kappa shape index (κ3) is 2.71. The average molecular weight is 225 g/mol. The lowest BCUT2D eigenvalue weighted by Crippen LogP contribution is -2.42. The van der Waals surface area contributed by atoms with Crippen LogP contribution in [0.3, 0.4) is 0 Å². The summed E-state index contributed by atoms with van der Waals surface area (Å²) in [5.74, 6) is 0. The average Bonchev–Trinajstić information content (AvgIpc) is 2.25. The summed E-state index contributed by atoms with van der Waals surface area (Å²) in [4.78, 5) is 0. The minimum atomic E-state index is 0.538. The summed E-state index contributed by atoms with van der Waals surface area (Å²) < 4.78 is 0. The van der Waals surface area contributed by atoms with Gasteiger partial charge in [-0.3, -0.25) is 0 Å². The predicted molar refractivity (Wildman–Crippen MR) is 64.3 cm³/mol. The van der Waals surface area contributed by atoms with Crippen molar-refractivity contribution in [1.82, 2.24) is 10.6 Å². The fourth-order valence-electron chi connectivity index (χ4n) is 2.01. The van der Waals surface area contributed by atoms with Gasteiger partial charge < -0.3 is 10.6 Å². The van der Waals surface area contributed by atoms with Crippen LogP contribution in [-0.4, -0.2) is 19.1 Å². The summed E-state index contributed by atoms with van der Waals surface area (Å²) in [5, 5.41) is 7.74. The number of nitrogens with one attached hydrogen (secondary N) is 2. The molecule has 0 amide bonds. The van der Waals surface area contributed by atoms with Crippen molar-refractivity contribution in [3.05, 3.63) is 34.3 Å². The van der Waals surface area contributed by atoms with E-state index in [0.717, 1.165) is 31.1 Å². The Morgan fingerprint density at radius 2 is 2.33 bits per heavy atom. The molecule has 0 aromatic heterocycles. The molecule has 0 aliphatic carbocycles. The number of halogens is 1. The first-order valence-electron chi connectivity index (χ1n) is 5.51. The Morgan fingerprint density at radius 3 is 3.13 bits per heavy atom. The maximum absolute atomic E-state index is 5.99. The van der Waals surface area contributed by atoms with E-state index in [-0.39, 0.29) is 0 Å². The second kappa shape index (κ2) is 4.97. The molecule has 82 valence electrons. The van der Waals surface area contributed by atoms with Crippen molar-refractivity contribution in [2.24, 2.45) is 0 Å². The van der Waals surface area contributed by atoms with E-state index in [2.05, 4.69) is 29.7 Å². The van der Waals surface area contributed by atoms with E-state index in [1.807, 2.05) is 6.07 Å². The van der Waals surface area contributed by atoms with Crippen molar-refractivity contribution in [2.75, 3.05) is 13.1 Å². The molecule has 2 N–H and O–H groups in total. The van der Waals surface area contributed by atoms with Crippen LogP contribution in [0.25, 0.3) is 0 Å². The van der Waals surface area contributed by atoms with Gasteiger partial charge in [-0.25, -0.2) is 0 Å². The van der Waals surface area contributed by atoms with Gasteiger partial charge in [-0.05, 0) is 36.2 Å². The van der Waals surface area contributed by atoms with Crippen LogP contribution in [0, 0.1) is 0 Å². The van der Waals surface area contributed by atoms with Crippen molar-refractivity contribution in [3.63, 3.8) is 0 Å². The second-order valence-corrected chi connectivity index (χ2v) is 4.44. The number of likely N-dealkylation sites (N-methyl/N-ethyl adjacent to an activating group) is 1. The summed E-state index contributed by atoms with van der Waals surface area (Å²) in [7, 11) is 0. The third-order valence-electron chi connectivity index (χ3n) is 2.86. The maximum atomic E-state index is 5.99. The Labute approximate surface area is 96.0 Å². The summed E-state index contributed by atoms with van der Waals surface area (Å²) in [5.41, 5.74) is 2.77. The van der Waals surface area contributed by atoms with Gasteiger partial charge in [-0.2, -0.15) is 0 Å². The van der Waals surface area contributed by atoms with Crippen LogP contribution in [-0.2, 0) is 13.0 Å². The van der Waals surface area contributed by atoms with Gasteiger partial charge in [0.05, 0.1) is 0 Å². The zero-order chi connectivity index (χ0) is 10.7. The van der Waals surface area contributed by atoms with E-state index in [1.54, 1.807) is 0 Å². The van der Waals surface area contributed by atoms with E-state index in [0.29, 0.717) is 6.04 Å². The van der Waals surface area contributed by atoms with Crippen LogP contribution in [0.15, 0.2) is 18.2 Å². The van der Waals surface area contributed by atoms with Gasteiger partial charge in [0, 0.05) is 24.2 Å². The SMILES string of the molecule is CCNCC1Cc2cc(Cl)ccc2CN1. The van der Waals surface area contributed by atoms with Gasteiger partial charge in [0.15, 0.2) is 0 Å². The number of hydrogen-bond acceptors (Lipinski definition) is 2. The Hall–Kier alpha value is -0.570. The molecule has 1 unspecified atom stereocenters. The molecule has 2 nitrogen and oxygen atoms in total. The molecule has 0 bridgehead atoms. The third-order valence-corrected chi connectivity index (χ3v) is 3.09. The van der Waals surface area contributed by atoms with Gasteiger partial charge in [0.2, 0.25) is 0 Å². The van der Waals surface area contributed by atoms with Crippen molar-refractivity contribution < 1.29 is 0 Å². The highest BCUT2D eigenvalue weighted by molar-refractivity contribution is 6.30. The van der Waals surface area contributed by atoms with Gasteiger partial charge in [-0.1, -0.05) is 24.6 Å². The Kier molecular flexibility index (Phi) is 3.62. The fourth-order valence-corrected chi connectivity index (χ4v) is 2.21. The molecule has 0 saturated heterocycles. The molecule has 0 saturated carbocycles. The van der Waals surface area contributed by atoms with Crippen molar-refractivity contribution >= 4 is 11.6 Å². The van der Waals surface area contributed by atoms with Gasteiger partial charge in [0.1, 0.15) is 0 Å². The molecule has 1 aliphatic heterocycles. The Morgan fingerprint density at radius 1 is 1.47 bits per heavy atom. The highest BCUT2D eigenvalue weighted by Crippen LogP contribution is 2.20. The van der Waals surface area contributed by atoms with Crippen LogP contribution in [0.4, 0.5) is 0 Å². The normalized spacial score (nSPS) is 20.0. The summed E-state index contributed by atoms with van der Waals surface area (Å²) >= 11 is 5.99. The molecule has 0 fully saturated rings. The van der Waals surface area contributed by atoms with Crippen LogP contribution < -0.4 is 10.6 Å². The lowest BCUT2D eigenvalue weighted by Gasteiger charge is -2.26. The smallest absolute Gasteiger partial charge is 0.0408 e. The van der Waals surface area contributed by atoms with Crippen LogP contribution in [0.1, 0.15) is 18.1 Å². The highest BCUT2D eigenvalue weighted by atomic mass is 35.5.